The van der Waals surface area contributed by atoms with Crippen LogP contribution in [0, 0.1) is 5.92 Å². The Labute approximate surface area is 96.0 Å². The first-order valence-corrected chi connectivity index (χ1v) is 6.89. The molecule has 15 heavy (non-hydrogen) atoms. The fourth-order valence-corrected chi connectivity index (χ4v) is 2.80. The van der Waals surface area contributed by atoms with E-state index in [0.29, 0.717) is 11.7 Å². The summed E-state index contributed by atoms with van der Waals surface area (Å²) in [5, 5.41) is 12.7. The van der Waals surface area contributed by atoms with Crippen LogP contribution in [0.3, 0.4) is 0 Å². The van der Waals surface area contributed by atoms with Gasteiger partial charge in [-0.1, -0.05) is 13.8 Å². The monoisotopic (exact) mass is 231 g/mol. The highest BCUT2D eigenvalue weighted by Crippen LogP contribution is 2.41. The predicted octanol–water partition coefficient (Wildman–Crippen LogP) is 1.97. The number of carbonyl (C=O) groups is 1. The zero-order valence-corrected chi connectivity index (χ0v) is 10.4. The lowest BCUT2D eigenvalue weighted by molar-refractivity contribution is -0.144. The SMILES string of the molecule is CCCNC(CSCC)(C(=O)O)C1CC1. The lowest BCUT2D eigenvalue weighted by atomic mass is 9.95. The van der Waals surface area contributed by atoms with Crippen LogP contribution in [-0.2, 0) is 4.79 Å². The second-order valence-corrected chi connectivity index (χ2v) is 5.39. The van der Waals surface area contributed by atoms with Crippen LogP contribution in [0.5, 0.6) is 0 Å². The first-order chi connectivity index (χ1) is 7.17. The van der Waals surface area contributed by atoms with Crippen molar-refractivity contribution < 1.29 is 9.90 Å². The van der Waals surface area contributed by atoms with Gasteiger partial charge in [0.05, 0.1) is 0 Å². The molecule has 1 aliphatic carbocycles. The quantitative estimate of drug-likeness (QED) is 0.670. The van der Waals surface area contributed by atoms with Gasteiger partial charge in [-0.3, -0.25) is 4.79 Å². The number of nitrogens with one attached hydrogen (secondary N) is 1. The fourth-order valence-electron chi connectivity index (χ4n) is 1.81. The van der Waals surface area contributed by atoms with Crippen LogP contribution in [-0.4, -0.2) is 34.7 Å². The molecule has 0 spiro atoms. The van der Waals surface area contributed by atoms with E-state index in [4.69, 9.17) is 0 Å². The Hall–Kier alpha value is -0.220. The normalized spacial score (nSPS) is 19.9. The molecule has 0 heterocycles. The molecule has 1 rings (SSSR count). The van der Waals surface area contributed by atoms with Crippen molar-refractivity contribution in [3.05, 3.63) is 0 Å². The van der Waals surface area contributed by atoms with Crippen molar-refractivity contribution in [2.75, 3.05) is 18.1 Å². The maximum absolute atomic E-state index is 11.4. The first-order valence-electron chi connectivity index (χ1n) is 5.73. The molecular weight excluding hydrogens is 210 g/mol. The van der Waals surface area contributed by atoms with Crippen molar-refractivity contribution in [3.8, 4) is 0 Å². The summed E-state index contributed by atoms with van der Waals surface area (Å²) in [5.74, 6) is 1.36. The minimum atomic E-state index is -0.667. The topological polar surface area (TPSA) is 49.3 Å². The molecule has 1 unspecified atom stereocenters. The molecule has 0 aromatic rings. The molecule has 0 aliphatic heterocycles. The molecule has 4 heteroatoms. The van der Waals surface area contributed by atoms with Gasteiger partial charge in [0.1, 0.15) is 5.54 Å². The second-order valence-electron chi connectivity index (χ2n) is 4.11. The van der Waals surface area contributed by atoms with Gasteiger partial charge in [0.2, 0.25) is 0 Å². The molecule has 0 aromatic heterocycles. The smallest absolute Gasteiger partial charge is 0.325 e. The molecule has 1 aliphatic rings. The summed E-state index contributed by atoms with van der Waals surface area (Å²) in [4.78, 5) is 11.4. The highest BCUT2D eigenvalue weighted by atomic mass is 32.2. The van der Waals surface area contributed by atoms with E-state index in [1.807, 2.05) is 0 Å². The molecule has 1 atom stereocenters. The van der Waals surface area contributed by atoms with Crippen LogP contribution in [0.2, 0.25) is 0 Å². The number of thioether (sulfide) groups is 1. The third-order valence-corrected chi connectivity index (χ3v) is 3.95. The van der Waals surface area contributed by atoms with Crippen molar-refractivity contribution in [2.24, 2.45) is 5.92 Å². The number of rotatable bonds is 8. The van der Waals surface area contributed by atoms with Crippen LogP contribution >= 0.6 is 11.8 Å². The molecule has 0 saturated heterocycles. The van der Waals surface area contributed by atoms with Crippen LogP contribution in [0.25, 0.3) is 0 Å². The molecule has 88 valence electrons. The number of hydrogen-bond donors (Lipinski definition) is 2. The van der Waals surface area contributed by atoms with Crippen LogP contribution < -0.4 is 5.32 Å². The molecule has 0 amide bonds. The van der Waals surface area contributed by atoms with Gasteiger partial charge in [0.15, 0.2) is 0 Å². The van der Waals surface area contributed by atoms with Crippen LogP contribution in [0.15, 0.2) is 0 Å². The van der Waals surface area contributed by atoms with Gasteiger partial charge in [0.25, 0.3) is 0 Å². The van der Waals surface area contributed by atoms with E-state index in [-0.39, 0.29) is 0 Å². The summed E-state index contributed by atoms with van der Waals surface area (Å²) in [7, 11) is 0. The summed E-state index contributed by atoms with van der Waals surface area (Å²) in [6.45, 7) is 4.94. The Kier molecular flexibility index (Phi) is 4.93. The van der Waals surface area contributed by atoms with Crippen LogP contribution in [0.1, 0.15) is 33.1 Å². The minimum Gasteiger partial charge on any atom is -0.480 e. The standard InChI is InChI=1S/C11H21NO2S/c1-3-7-12-11(10(13)14,8-15-4-2)9-5-6-9/h9,12H,3-8H2,1-2H3,(H,13,14). The zero-order chi connectivity index (χ0) is 11.3. The lowest BCUT2D eigenvalue weighted by Crippen LogP contribution is -2.56. The van der Waals surface area contributed by atoms with Crippen molar-refractivity contribution in [1.29, 1.82) is 0 Å². The molecule has 0 radical (unpaired) electrons. The van der Waals surface area contributed by atoms with E-state index < -0.39 is 11.5 Å². The van der Waals surface area contributed by atoms with E-state index in [9.17, 15) is 9.90 Å². The van der Waals surface area contributed by atoms with Crippen molar-refractivity contribution in [1.82, 2.24) is 5.32 Å². The Morgan fingerprint density at radius 1 is 1.53 bits per heavy atom. The highest BCUT2D eigenvalue weighted by molar-refractivity contribution is 7.99. The Morgan fingerprint density at radius 3 is 2.60 bits per heavy atom. The number of carboxylic acids is 1. The average Bonchev–Trinajstić information content (AvgIpc) is 3.02. The fraction of sp³-hybridized carbons (Fsp3) is 0.909. The third-order valence-electron chi connectivity index (χ3n) is 2.88. The summed E-state index contributed by atoms with van der Waals surface area (Å²) in [6.07, 6.45) is 3.11. The molecule has 0 aromatic carbocycles. The zero-order valence-electron chi connectivity index (χ0n) is 9.58. The van der Waals surface area contributed by atoms with Gasteiger partial charge in [-0.15, -0.1) is 0 Å². The molecule has 3 nitrogen and oxygen atoms in total. The Bertz CT molecular complexity index is 209. The summed E-state index contributed by atoms with van der Waals surface area (Å²) >= 11 is 1.72. The number of aliphatic carboxylic acids is 1. The summed E-state index contributed by atoms with van der Waals surface area (Å²) in [6, 6.07) is 0. The average molecular weight is 231 g/mol. The minimum absolute atomic E-state index is 0.348. The predicted molar refractivity (Wildman–Crippen MR) is 64.4 cm³/mol. The lowest BCUT2D eigenvalue weighted by Gasteiger charge is -2.30. The Morgan fingerprint density at radius 2 is 2.20 bits per heavy atom. The molecule has 1 fully saturated rings. The van der Waals surface area contributed by atoms with Gasteiger partial charge in [-0.05, 0) is 37.5 Å². The summed E-state index contributed by atoms with van der Waals surface area (Å²) in [5.41, 5.74) is -0.656. The number of carboxylic acid groups (broad SMARTS) is 1. The van der Waals surface area contributed by atoms with Gasteiger partial charge < -0.3 is 10.4 Å². The van der Waals surface area contributed by atoms with Gasteiger partial charge >= 0.3 is 5.97 Å². The number of hydrogen-bond acceptors (Lipinski definition) is 3. The van der Waals surface area contributed by atoms with Gasteiger partial charge in [0, 0.05) is 5.75 Å². The Balaban J connectivity index is 2.64. The summed E-state index contributed by atoms with van der Waals surface area (Å²) < 4.78 is 0. The van der Waals surface area contributed by atoms with Crippen molar-refractivity contribution in [2.45, 2.75) is 38.6 Å². The van der Waals surface area contributed by atoms with E-state index >= 15 is 0 Å². The molecule has 0 bridgehead atoms. The molecular formula is C11H21NO2S. The van der Waals surface area contributed by atoms with E-state index in [0.717, 1.165) is 31.6 Å². The molecule has 1 saturated carbocycles. The van der Waals surface area contributed by atoms with Crippen molar-refractivity contribution >= 4 is 17.7 Å². The second kappa shape index (κ2) is 5.75. The largest absolute Gasteiger partial charge is 0.480 e. The van der Waals surface area contributed by atoms with E-state index in [1.54, 1.807) is 11.8 Å². The highest BCUT2D eigenvalue weighted by Gasteiger charge is 2.50. The van der Waals surface area contributed by atoms with Gasteiger partial charge in [-0.2, -0.15) is 11.8 Å². The maximum Gasteiger partial charge on any atom is 0.325 e. The van der Waals surface area contributed by atoms with Crippen molar-refractivity contribution in [3.63, 3.8) is 0 Å². The van der Waals surface area contributed by atoms with Crippen LogP contribution in [0.4, 0.5) is 0 Å². The molecule has 2 N–H and O–H groups in total. The van der Waals surface area contributed by atoms with E-state index in [1.165, 1.54) is 0 Å². The maximum atomic E-state index is 11.4. The van der Waals surface area contributed by atoms with E-state index in [2.05, 4.69) is 19.2 Å². The first kappa shape index (κ1) is 12.8. The third kappa shape index (κ3) is 3.11. The van der Waals surface area contributed by atoms with Gasteiger partial charge in [-0.25, -0.2) is 0 Å².